The highest BCUT2D eigenvalue weighted by molar-refractivity contribution is 5.57. The Labute approximate surface area is 101 Å². The van der Waals surface area contributed by atoms with Gasteiger partial charge in [0.2, 0.25) is 0 Å². The minimum absolute atomic E-state index is 0.596. The molecular weight excluding hydrogens is 212 g/mol. The minimum atomic E-state index is 0.596. The van der Waals surface area contributed by atoms with E-state index < -0.39 is 0 Å². The van der Waals surface area contributed by atoms with Gasteiger partial charge in [0.15, 0.2) is 0 Å². The Kier molecular flexibility index (Phi) is 3.46. The summed E-state index contributed by atoms with van der Waals surface area (Å²) in [6.07, 6.45) is 0.898. The van der Waals surface area contributed by atoms with Crippen molar-refractivity contribution in [3.05, 3.63) is 53.5 Å². The lowest BCUT2D eigenvalue weighted by Gasteiger charge is -2.05. The molecule has 0 saturated heterocycles. The van der Waals surface area contributed by atoms with Crippen molar-refractivity contribution in [1.29, 1.82) is 5.26 Å². The van der Waals surface area contributed by atoms with Gasteiger partial charge in [-0.05, 0) is 24.3 Å². The van der Waals surface area contributed by atoms with Gasteiger partial charge in [0.05, 0.1) is 17.8 Å². The largest absolute Gasteiger partial charge is 0.464 e. The predicted molar refractivity (Wildman–Crippen MR) is 66.6 cm³/mol. The zero-order chi connectivity index (χ0) is 12.1. The lowest BCUT2D eigenvalue weighted by molar-refractivity contribution is 0.476. The van der Waals surface area contributed by atoms with Gasteiger partial charge in [-0.2, -0.15) is 5.26 Å². The predicted octanol–water partition coefficient (Wildman–Crippen LogP) is 3.33. The molecule has 0 unspecified atom stereocenters. The van der Waals surface area contributed by atoms with Crippen molar-refractivity contribution in [3.8, 4) is 6.07 Å². The highest BCUT2D eigenvalue weighted by Crippen LogP contribution is 2.16. The summed E-state index contributed by atoms with van der Waals surface area (Å²) in [5.41, 5.74) is 1.49. The van der Waals surface area contributed by atoms with Crippen molar-refractivity contribution in [1.82, 2.24) is 0 Å². The van der Waals surface area contributed by atoms with Crippen molar-refractivity contribution in [3.63, 3.8) is 0 Å². The molecule has 0 fully saturated rings. The number of furan rings is 1. The smallest absolute Gasteiger partial charge is 0.123 e. The standard InChI is InChI=1S/C14H14N2O/c1-2-12-7-8-13(17-12)10-16-14-6-4-3-5-11(14)9-15/h3-8,16H,2,10H2,1H3. The number of nitriles is 1. The van der Waals surface area contributed by atoms with Crippen molar-refractivity contribution < 1.29 is 4.42 Å². The number of para-hydroxylation sites is 1. The Morgan fingerprint density at radius 1 is 1.18 bits per heavy atom. The Hall–Kier alpha value is -2.21. The normalized spacial score (nSPS) is 9.88. The third-order valence-electron chi connectivity index (χ3n) is 2.57. The van der Waals surface area contributed by atoms with Crippen LogP contribution in [0.25, 0.3) is 0 Å². The van der Waals surface area contributed by atoms with E-state index in [1.54, 1.807) is 6.07 Å². The molecule has 1 N–H and O–H groups in total. The fraction of sp³-hybridized carbons (Fsp3) is 0.214. The molecule has 0 bridgehead atoms. The van der Waals surface area contributed by atoms with Crippen LogP contribution in [0.4, 0.5) is 5.69 Å². The third kappa shape index (κ3) is 2.67. The molecule has 0 radical (unpaired) electrons. The molecule has 0 aliphatic heterocycles. The van der Waals surface area contributed by atoms with E-state index in [-0.39, 0.29) is 0 Å². The lowest BCUT2D eigenvalue weighted by Crippen LogP contribution is -1.99. The summed E-state index contributed by atoms with van der Waals surface area (Å²) in [6, 6.07) is 13.5. The topological polar surface area (TPSA) is 49.0 Å². The van der Waals surface area contributed by atoms with Crippen LogP contribution < -0.4 is 5.32 Å². The Balaban J connectivity index is 2.05. The molecule has 0 aliphatic carbocycles. The van der Waals surface area contributed by atoms with E-state index >= 15 is 0 Å². The van der Waals surface area contributed by atoms with Crippen molar-refractivity contribution in [2.24, 2.45) is 0 Å². The molecule has 0 saturated carbocycles. The van der Waals surface area contributed by atoms with E-state index in [1.807, 2.05) is 30.3 Å². The molecule has 0 atom stereocenters. The van der Waals surface area contributed by atoms with Crippen LogP contribution >= 0.6 is 0 Å². The molecule has 3 nitrogen and oxygen atoms in total. The number of rotatable bonds is 4. The van der Waals surface area contributed by atoms with E-state index in [9.17, 15) is 0 Å². The van der Waals surface area contributed by atoms with Crippen LogP contribution in [-0.4, -0.2) is 0 Å². The first-order valence-corrected chi connectivity index (χ1v) is 5.64. The van der Waals surface area contributed by atoms with Crippen molar-refractivity contribution >= 4 is 5.69 Å². The minimum Gasteiger partial charge on any atom is -0.464 e. The molecule has 17 heavy (non-hydrogen) atoms. The van der Waals surface area contributed by atoms with Crippen LogP contribution in [0.3, 0.4) is 0 Å². The zero-order valence-corrected chi connectivity index (χ0v) is 9.73. The lowest BCUT2D eigenvalue weighted by atomic mass is 10.2. The Morgan fingerprint density at radius 2 is 1.94 bits per heavy atom. The van der Waals surface area contributed by atoms with Gasteiger partial charge in [-0.15, -0.1) is 0 Å². The van der Waals surface area contributed by atoms with E-state index in [1.165, 1.54) is 0 Å². The molecule has 2 rings (SSSR count). The third-order valence-corrected chi connectivity index (χ3v) is 2.57. The molecule has 1 aromatic heterocycles. The van der Waals surface area contributed by atoms with Crippen LogP contribution in [-0.2, 0) is 13.0 Å². The monoisotopic (exact) mass is 226 g/mol. The summed E-state index contributed by atoms with van der Waals surface area (Å²) in [7, 11) is 0. The summed E-state index contributed by atoms with van der Waals surface area (Å²) in [6.45, 7) is 2.65. The Morgan fingerprint density at radius 3 is 2.65 bits per heavy atom. The number of hydrogen-bond donors (Lipinski definition) is 1. The summed E-state index contributed by atoms with van der Waals surface area (Å²) in [4.78, 5) is 0. The first kappa shape index (κ1) is 11.3. The average Bonchev–Trinajstić information content (AvgIpc) is 2.84. The molecule has 2 aromatic rings. The van der Waals surface area contributed by atoms with Gasteiger partial charge in [-0.1, -0.05) is 19.1 Å². The number of nitrogens with one attached hydrogen (secondary N) is 1. The summed E-state index contributed by atoms with van der Waals surface area (Å²) < 4.78 is 5.58. The maximum absolute atomic E-state index is 8.94. The fourth-order valence-electron chi connectivity index (χ4n) is 1.62. The maximum Gasteiger partial charge on any atom is 0.123 e. The maximum atomic E-state index is 8.94. The first-order chi connectivity index (χ1) is 8.33. The number of aryl methyl sites for hydroxylation is 1. The highest BCUT2D eigenvalue weighted by Gasteiger charge is 2.03. The molecule has 0 amide bonds. The zero-order valence-electron chi connectivity index (χ0n) is 9.73. The Bertz CT molecular complexity index is 537. The molecule has 1 aromatic carbocycles. The van der Waals surface area contributed by atoms with Gasteiger partial charge in [-0.3, -0.25) is 0 Å². The van der Waals surface area contributed by atoms with E-state index in [0.29, 0.717) is 12.1 Å². The fourth-order valence-corrected chi connectivity index (χ4v) is 1.62. The van der Waals surface area contributed by atoms with Gasteiger partial charge in [0.25, 0.3) is 0 Å². The van der Waals surface area contributed by atoms with Crippen LogP contribution in [0.1, 0.15) is 24.0 Å². The summed E-state index contributed by atoms with van der Waals surface area (Å²) >= 11 is 0. The van der Waals surface area contributed by atoms with Crippen LogP contribution in [0.5, 0.6) is 0 Å². The molecular formula is C14H14N2O. The number of hydrogen-bond acceptors (Lipinski definition) is 3. The molecule has 86 valence electrons. The second-order valence-corrected chi connectivity index (χ2v) is 3.73. The quantitative estimate of drug-likeness (QED) is 0.869. The van der Waals surface area contributed by atoms with Gasteiger partial charge < -0.3 is 9.73 Å². The van der Waals surface area contributed by atoms with E-state index in [4.69, 9.17) is 9.68 Å². The SMILES string of the molecule is CCc1ccc(CNc2ccccc2C#N)o1. The van der Waals surface area contributed by atoms with Gasteiger partial charge >= 0.3 is 0 Å². The second kappa shape index (κ2) is 5.22. The van der Waals surface area contributed by atoms with E-state index in [0.717, 1.165) is 23.6 Å². The van der Waals surface area contributed by atoms with Gasteiger partial charge in [-0.25, -0.2) is 0 Å². The van der Waals surface area contributed by atoms with Crippen molar-refractivity contribution in [2.75, 3.05) is 5.32 Å². The number of benzene rings is 1. The first-order valence-electron chi connectivity index (χ1n) is 5.64. The number of nitrogens with zero attached hydrogens (tertiary/aromatic N) is 1. The molecule has 0 aliphatic rings. The highest BCUT2D eigenvalue weighted by atomic mass is 16.3. The molecule has 1 heterocycles. The van der Waals surface area contributed by atoms with Crippen molar-refractivity contribution in [2.45, 2.75) is 19.9 Å². The molecule has 3 heteroatoms. The summed E-state index contributed by atoms with van der Waals surface area (Å²) in [5, 5.41) is 12.1. The summed E-state index contributed by atoms with van der Waals surface area (Å²) in [5.74, 6) is 1.87. The van der Waals surface area contributed by atoms with Crippen LogP contribution in [0, 0.1) is 11.3 Å². The van der Waals surface area contributed by atoms with E-state index in [2.05, 4.69) is 18.3 Å². The average molecular weight is 226 g/mol. The number of anilines is 1. The second-order valence-electron chi connectivity index (χ2n) is 3.73. The van der Waals surface area contributed by atoms with Crippen LogP contribution in [0.2, 0.25) is 0 Å². The molecule has 0 spiro atoms. The van der Waals surface area contributed by atoms with Gasteiger partial charge in [0.1, 0.15) is 17.6 Å². The van der Waals surface area contributed by atoms with Crippen LogP contribution in [0.15, 0.2) is 40.8 Å². The van der Waals surface area contributed by atoms with Gasteiger partial charge in [0, 0.05) is 6.42 Å².